The van der Waals surface area contributed by atoms with Gasteiger partial charge >= 0.3 is 0 Å². The Bertz CT molecular complexity index is 1270. The van der Waals surface area contributed by atoms with Crippen molar-refractivity contribution in [2.75, 3.05) is 11.4 Å². The van der Waals surface area contributed by atoms with Crippen molar-refractivity contribution in [3.63, 3.8) is 0 Å². The van der Waals surface area contributed by atoms with Crippen molar-refractivity contribution in [3.8, 4) is 11.1 Å². The minimum absolute atomic E-state index is 0.226. The van der Waals surface area contributed by atoms with Gasteiger partial charge in [-0.25, -0.2) is 18.3 Å². The number of aromatic amines is 1. The first kappa shape index (κ1) is 17.6. The van der Waals surface area contributed by atoms with E-state index >= 15 is 0 Å². The van der Waals surface area contributed by atoms with E-state index in [9.17, 15) is 13.6 Å². The second-order valence-corrected chi connectivity index (χ2v) is 7.22. The molecule has 0 radical (unpaired) electrons. The van der Waals surface area contributed by atoms with E-state index in [1.54, 1.807) is 40.9 Å². The first-order chi connectivity index (χ1) is 14.0. The van der Waals surface area contributed by atoms with Crippen molar-refractivity contribution in [2.45, 2.75) is 18.9 Å². The maximum atomic E-state index is 14.4. The van der Waals surface area contributed by atoms with Crippen molar-refractivity contribution in [3.05, 3.63) is 70.4 Å². The van der Waals surface area contributed by atoms with E-state index in [1.165, 1.54) is 6.07 Å². The number of aryl methyl sites for hydroxylation is 1. The average molecular weight is 396 g/mol. The largest absolute Gasteiger partial charge is 0.349 e. The van der Waals surface area contributed by atoms with Gasteiger partial charge < -0.3 is 4.90 Å². The molecule has 7 nitrogen and oxygen atoms in total. The van der Waals surface area contributed by atoms with Crippen LogP contribution in [0.15, 0.2) is 47.7 Å². The number of nitrogens with one attached hydrogen (secondary N) is 1. The summed E-state index contributed by atoms with van der Waals surface area (Å²) in [5, 5.41) is 6.96. The lowest BCUT2D eigenvalue weighted by molar-refractivity contribution is 0.560. The number of hydrogen-bond donors (Lipinski definition) is 1. The second kappa shape index (κ2) is 6.54. The normalized spacial score (nSPS) is 16.8. The van der Waals surface area contributed by atoms with Gasteiger partial charge in [0.15, 0.2) is 5.65 Å². The number of anilines is 1. The second-order valence-electron chi connectivity index (χ2n) is 7.22. The van der Waals surface area contributed by atoms with Crippen LogP contribution in [0.3, 0.4) is 0 Å². The molecular weight excluding hydrogens is 378 g/mol. The highest BCUT2D eigenvalue weighted by Gasteiger charge is 2.30. The van der Waals surface area contributed by atoms with Crippen molar-refractivity contribution >= 4 is 11.5 Å². The first-order valence-corrected chi connectivity index (χ1v) is 9.33. The molecule has 1 atom stereocenters. The molecule has 1 saturated heterocycles. The SMILES string of the molecule is Cn1cc(-c2cnn3ccc(N4CCC[C@@H]4c4cc(F)ccc4F)nc23)c(=O)[nH]1. The lowest BCUT2D eigenvalue weighted by Crippen LogP contribution is -2.24. The zero-order valence-electron chi connectivity index (χ0n) is 15.6. The van der Waals surface area contributed by atoms with Gasteiger partial charge in [0, 0.05) is 31.5 Å². The van der Waals surface area contributed by atoms with Gasteiger partial charge in [0.2, 0.25) is 0 Å². The third-order valence-electron chi connectivity index (χ3n) is 5.35. The van der Waals surface area contributed by atoms with Crippen LogP contribution in [0.25, 0.3) is 16.8 Å². The molecule has 0 unspecified atom stereocenters. The van der Waals surface area contributed by atoms with Crippen LogP contribution < -0.4 is 10.5 Å². The van der Waals surface area contributed by atoms with Crippen LogP contribution in [0.2, 0.25) is 0 Å². The number of aromatic nitrogens is 5. The quantitative estimate of drug-likeness (QED) is 0.578. The monoisotopic (exact) mass is 396 g/mol. The number of rotatable bonds is 3. The summed E-state index contributed by atoms with van der Waals surface area (Å²) in [6, 6.07) is 5.04. The predicted octanol–water partition coefficient (Wildman–Crippen LogP) is 3.04. The van der Waals surface area contributed by atoms with Crippen LogP contribution in [0.4, 0.5) is 14.6 Å². The Labute approximate surface area is 164 Å². The summed E-state index contributed by atoms with van der Waals surface area (Å²) in [5.41, 5.74) is 1.72. The minimum atomic E-state index is -0.460. The fraction of sp³-hybridized carbons (Fsp3) is 0.250. The molecule has 9 heteroatoms. The molecule has 148 valence electrons. The summed E-state index contributed by atoms with van der Waals surface area (Å²) < 4.78 is 31.3. The van der Waals surface area contributed by atoms with Crippen molar-refractivity contribution in [2.24, 2.45) is 7.05 Å². The number of fused-ring (bicyclic) bond motifs is 1. The van der Waals surface area contributed by atoms with Crippen molar-refractivity contribution in [1.29, 1.82) is 0 Å². The zero-order chi connectivity index (χ0) is 20.1. The fourth-order valence-corrected chi connectivity index (χ4v) is 4.04. The molecule has 4 aromatic rings. The molecular formula is C20H18F2N6O. The summed E-state index contributed by atoms with van der Waals surface area (Å²) in [6.07, 6.45) is 6.60. The fourth-order valence-electron chi connectivity index (χ4n) is 4.04. The molecule has 0 saturated carbocycles. The summed E-state index contributed by atoms with van der Waals surface area (Å²) in [7, 11) is 1.73. The van der Waals surface area contributed by atoms with E-state index < -0.39 is 11.6 Å². The Morgan fingerprint density at radius 1 is 1.21 bits per heavy atom. The molecule has 0 aliphatic carbocycles. The van der Waals surface area contributed by atoms with Crippen molar-refractivity contribution < 1.29 is 8.78 Å². The molecule has 1 aliphatic rings. The molecule has 0 bridgehead atoms. The highest BCUT2D eigenvalue weighted by Crippen LogP contribution is 2.37. The van der Waals surface area contributed by atoms with Crippen molar-refractivity contribution in [1.82, 2.24) is 24.4 Å². The van der Waals surface area contributed by atoms with E-state index in [0.717, 1.165) is 18.6 Å². The average Bonchev–Trinajstić information content (AvgIpc) is 3.41. The minimum Gasteiger partial charge on any atom is -0.349 e. The lowest BCUT2D eigenvalue weighted by Gasteiger charge is -2.26. The van der Waals surface area contributed by atoms with E-state index in [1.807, 2.05) is 4.90 Å². The van der Waals surface area contributed by atoms with Crippen LogP contribution in [0.5, 0.6) is 0 Å². The number of H-pyrrole nitrogens is 1. The van der Waals surface area contributed by atoms with E-state index in [4.69, 9.17) is 4.98 Å². The molecule has 5 rings (SSSR count). The summed E-state index contributed by atoms with van der Waals surface area (Å²) in [6.45, 7) is 0.680. The molecule has 3 aromatic heterocycles. The Morgan fingerprint density at radius 3 is 2.86 bits per heavy atom. The van der Waals surface area contributed by atoms with Crippen LogP contribution in [-0.2, 0) is 7.05 Å². The van der Waals surface area contributed by atoms with E-state index in [0.29, 0.717) is 41.1 Å². The van der Waals surface area contributed by atoms with Gasteiger partial charge in [-0.3, -0.25) is 14.6 Å². The molecule has 0 spiro atoms. The van der Waals surface area contributed by atoms with Crippen LogP contribution in [0.1, 0.15) is 24.4 Å². The molecule has 4 heterocycles. The highest BCUT2D eigenvalue weighted by atomic mass is 19.1. The first-order valence-electron chi connectivity index (χ1n) is 9.33. The maximum absolute atomic E-state index is 14.4. The van der Waals surface area contributed by atoms with Gasteiger partial charge in [0.1, 0.15) is 17.5 Å². The highest BCUT2D eigenvalue weighted by molar-refractivity contribution is 5.77. The standard InChI is InChI=1S/C20H18F2N6O/c1-26-11-15(20(29)25-26)14-10-23-28-8-6-18(24-19(14)28)27-7-2-3-17(27)13-9-12(21)4-5-16(13)22/h4-6,8-11,17H,2-3,7H2,1H3,(H,25,29)/t17-/m1/s1. The Hall–Kier alpha value is -3.49. The number of hydrogen-bond acceptors (Lipinski definition) is 4. The smallest absolute Gasteiger partial charge is 0.272 e. The van der Waals surface area contributed by atoms with Gasteiger partial charge in [0.25, 0.3) is 5.56 Å². The number of halogens is 2. The number of benzene rings is 1. The predicted molar refractivity (Wildman–Crippen MR) is 104 cm³/mol. The van der Waals surface area contributed by atoms with Crippen LogP contribution >= 0.6 is 0 Å². The molecule has 1 N–H and O–H groups in total. The van der Waals surface area contributed by atoms with Gasteiger partial charge in [-0.15, -0.1) is 0 Å². The van der Waals surface area contributed by atoms with Gasteiger partial charge in [-0.05, 0) is 37.1 Å². The van der Waals surface area contributed by atoms with Gasteiger partial charge in [-0.1, -0.05) is 0 Å². The Balaban J connectivity index is 1.60. The molecule has 1 fully saturated rings. The maximum Gasteiger partial charge on any atom is 0.272 e. The zero-order valence-corrected chi connectivity index (χ0v) is 15.6. The van der Waals surface area contributed by atoms with Crippen LogP contribution in [-0.4, -0.2) is 30.9 Å². The molecule has 0 amide bonds. The van der Waals surface area contributed by atoms with Gasteiger partial charge in [0.05, 0.1) is 23.4 Å². The third kappa shape index (κ3) is 2.89. The Kier molecular flexibility index (Phi) is 3.97. The van der Waals surface area contributed by atoms with Gasteiger partial charge in [-0.2, -0.15) is 5.10 Å². The molecule has 1 aliphatic heterocycles. The van der Waals surface area contributed by atoms with E-state index in [2.05, 4.69) is 10.2 Å². The third-order valence-corrected chi connectivity index (χ3v) is 5.35. The summed E-state index contributed by atoms with van der Waals surface area (Å²) in [5.74, 6) is -0.249. The summed E-state index contributed by atoms with van der Waals surface area (Å²) >= 11 is 0. The lowest BCUT2D eigenvalue weighted by atomic mass is 10.0. The topological polar surface area (TPSA) is 71.2 Å². The van der Waals surface area contributed by atoms with E-state index in [-0.39, 0.29) is 11.6 Å². The summed E-state index contributed by atoms with van der Waals surface area (Å²) in [4.78, 5) is 18.9. The number of nitrogens with zero attached hydrogens (tertiary/aromatic N) is 5. The molecule has 29 heavy (non-hydrogen) atoms. The Morgan fingerprint density at radius 2 is 2.07 bits per heavy atom. The molecule has 1 aromatic carbocycles. The van der Waals surface area contributed by atoms with Crippen LogP contribution in [0, 0.1) is 11.6 Å².